The number of para-hydroxylation sites is 1. The number of nitrogens with zero attached hydrogens (tertiary/aromatic N) is 3. The van der Waals surface area contributed by atoms with E-state index in [0.717, 1.165) is 33.5 Å². The van der Waals surface area contributed by atoms with E-state index in [1.807, 2.05) is 82.4 Å². The van der Waals surface area contributed by atoms with Gasteiger partial charge in [-0.2, -0.15) is 0 Å². The Kier molecular flexibility index (Phi) is 11.2. The molecule has 1 N–H and O–H groups in total. The summed E-state index contributed by atoms with van der Waals surface area (Å²) in [4.78, 5) is 15.4. The zero-order valence-corrected chi connectivity index (χ0v) is 21.2. The molecule has 0 unspecified atom stereocenters. The van der Waals surface area contributed by atoms with Crippen LogP contribution in [0.25, 0.3) is 0 Å². The first-order valence-electron chi connectivity index (χ1n) is 11.3. The average molecular weight is 463 g/mol. The molecule has 0 fully saturated rings. The van der Waals surface area contributed by atoms with Gasteiger partial charge in [0.05, 0.1) is 0 Å². The molecule has 0 amide bonds. The number of allylic oxidation sites excluding steroid dienone is 2. The average Bonchev–Trinajstić information content (AvgIpc) is 2.82. The van der Waals surface area contributed by atoms with E-state index < -0.39 is 0 Å². The van der Waals surface area contributed by atoms with Crippen LogP contribution in [0.1, 0.15) is 48.0 Å². The Balaban J connectivity index is 0.00000187. The molecule has 0 bridgehead atoms. The maximum atomic E-state index is 6.15. The predicted molar refractivity (Wildman–Crippen MR) is 140 cm³/mol. The summed E-state index contributed by atoms with van der Waals surface area (Å²) in [5, 5.41) is 3.40. The molecule has 5 nitrogen and oxygen atoms in total. The first-order valence-corrected chi connectivity index (χ1v) is 12.1. The minimum absolute atomic E-state index is 0.535. The lowest BCUT2D eigenvalue weighted by atomic mass is 10.1. The molecule has 0 spiro atoms. The molecule has 2 aromatic heterocycles. The highest BCUT2D eigenvalue weighted by Gasteiger charge is 2.11. The normalized spacial score (nSPS) is 11.6. The maximum absolute atomic E-state index is 6.15. The van der Waals surface area contributed by atoms with Crippen molar-refractivity contribution >= 4 is 23.4 Å². The monoisotopic (exact) mass is 462 g/mol. The van der Waals surface area contributed by atoms with E-state index in [9.17, 15) is 0 Å². The lowest BCUT2D eigenvalue weighted by Gasteiger charge is -2.14. The molecule has 0 saturated carbocycles. The molecule has 33 heavy (non-hydrogen) atoms. The van der Waals surface area contributed by atoms with E-state index in [0.29, 0.717) is 17.5 Å². The van der Waals surface area contributed by atoms with E-state index in [1.54, 1.807) is 24.2 Å². The third kappa shape index (κ3) is 9.10. The number of benzene rings is 1. The molecule has 0 radical (unpaired) electrons. The molecule has 3 rings (SSSR count). The molecular weight excluding hydrogens is 428 g/mol. The van der Waals surface area contributed by atoms with Crippen LogP contribution in [0.2, 0.25) is 0 Å². The van der Waals surface area contributed by atoms with Crippen LogP contribution in [0.15, 0.2) is 93.7 Å². The highest BCUT2D eigenvalue weighted by Crippen LogP contribution is 2.36. The molecule has 0 saturated heterocycles. The maximum Gasteiger partial charge on any atom is 0.197 e. The number of ether oxygens (including phenoxy) is 1. The summed E-state index contributed by atoms with van der Waals surface area (Å²) in [5.41, 5.74) is 1.15. The molecular formula is C27H34N4OS. The van der Waals surface area contributed by atoms with Gasteiger partial charge in [-0.3, -0.25) is 4.98 Å². The smallest absolute Gasteiger partial charge is 0.197 e. The van der Waals surface area contributed by atoms with Crippen LogP contribution in [0, 0.1) is 5.92 Å². The Morgan fingerprint density at radius 2 is 1.79 bits per heavy atom. The van der Waals surface area contributed by atoms with Crippen molar-refractivity contribution in [2.45, 2.75) is 57.8 Å². The Morgan fingerprint density at radius 3 is 2.42 bits per heavy atom. The van der Waals surface area contributed by atoms with Gasteiger partial charge < -0.3 is 10.1 Å². The summed E-state index contributed by atoms with van der Waals surface area (Å²) in [5.74, 6) is 3.22. The molecule has 3 aromatic rings. The Bertz CT molecular complexity index is 1030. The van der Waals surface area contributed by atoms with Crippen LogP contribution < -0.4 is 10.1 Å². The SMILES string of the molecule is C/C=C(/CC(C)C)N/C(C)=N/c1ncc(Sc2ccncc2)cc1Oc1ccccc1.CC. The van der Waals surface area contributed by atoms with Crippen molar-refractivity contribution in [2.75, 3.05) is 0 Å². The van der Waals surface area contributed by atoms with Crippen LogP contribution in [0.5, 0.6) is 11.5 Å². The van der Waals surface area contributed by atoms with E-state index in [1.165, 1.54) is 0 Å². The number of pyridine rings is 2. The van der Waals surface area contributed by atoms with E-state index in [2.05, 4.69) is 35.2 Å². The van der Waals surface area contributed by atoms with Crippen molar-refractivity contribution < 1.29 is 4.74 Å². The summed E-state index contributed by atoms with van der Waals surface area (Å²) in [6, 6.07) is 15.6. The standard InChI is InChI=1S/C25H28N4OS.C2H6/c1-5-20(15-18(2)3)28-19(4)29-25-24(30-21-9-7-6-8-10-21)16-23(17-27-25)31-22-11-13-26-14-12-22;1-2/h5-14,16-18H,15H2,1-4H3,(H,27,28,29);1-2H3/b20-5-;. The van der Waals surface area contributed by atoms with Crippen LogP contribution in [-0.2, 0) is 0 Å². The number of nitrogens with one attached hydrogen (secondary N) is 1. The molecule has 1 aromatic carbocycles. The summed E-state index contributed by atoms with van der Waals surface area (Å²) in [6.07, 6.45) is 8.43. The minimum atomic E-state index is 0.535. The summed E-state index contributed by atoms with van der Waals surface area (Å²) in [7, 11) is 0. The summed E-state index contributed by atoms with van der Waals surface area (Å²) >= 11 is 1.61. The first-order chi connectivity index (χ1) is 16.0. The third-order valence-corrected chi connectivity index (χ3v) is 5.22. The highest BCUT2D eigenvalue weighted by molar-refractivity contribution is 7.99. The van der Waals surface area contributed by atoms with E-state index in [4.69, 9.17) is 9.73 Å². The van der Waals surface area contributed by atoms with Crippen LogP contribution in [-0.4, -0.2) is 15.8 Å². The van der Waals surface area contributed by atoms with Gasteiger partial charge in [-0.05, 0) is 50.5 Å². The fraction of sp³-hybridized carbons (Fsp3) is 0.296. The molecule has 2 heterocycles. The second kappa shape index (κ2) is 14.1. The molecule has 0 aliphatic rings. The van der Waals surface area contributed by atoms with Gasteiger partial charge in [0.1, 0.15) is 11.6 Å². The number of rotatable bonds is 8. The van der Waals surface area contributed by atoms with Gasteiger partial charge >= 0.3 is 0 Å². The third-order valence-electron chi connectivity index (χ3n) is 4.26. The lowest BCUT2D eigenvalue weighted by molar-refractivity contribution is 0.480. The van der Waals surface area contributed by atoms with Gasteiger partial charge in [-0.1, -0.05) is 63.7 Å². The Labute approximate surface area is 202 Å². The largest absolute Gasteiger partial charge is 0.453 e. The predicted octanol–water partition coefficient (Wildman–Crippen LogP) is 8.04. The van der Waals surface area contributed by atoms with Crippen molar-refractivity contribution in [1.29, 1.82) is 0 Å². The Morgan fingerprint density at radius 1 is 1.09 bits per heavy atom. The van der Waals surface area contributed by atoms with Crippen molar-refractivity contribution in [3.8, 4) is 11.5 Å². The van der Waals surface area contributed by atoms with E-state index in [-0.39, 0.29) is 0 Å². The number of hydrogen-bond acceptors (Lipinski definition) is 5. The van der Waals surface area contributed by atoms with Gasteiger partial charge in [0.25, 0.3) is 0 Å². The lowest BCUT2D eigenvalue weighted by Crippen LogP contribution is -2.20. The second-order valence-electron chi connectivity index (χ2n) is 7.43. The number of aliphatic imine (C=N–C) groups is 1. The van der Waals surface area contributed by atoms with Crippen LogP contribution in [0.3, 0.4) is 0 Å². The topological polar surface area (TPSA) is 59.4 Å². The molecule has 0 atom stereocenters. The highest BCUT2D eigenvalue weighted by atomic mass is 32.2. The summed E-state index contributed by atoms with van der Waals surface area (Å²) < 4.78 is 6.15. The van der Waals surface area contributed by atoms with Gasteiger partial charge in [0, 0.05) is 40.1 Å². The quantitative estimate of drug-likeness (QED) is 0.271. The number of hydrogen-bond donors (Lipinski definition) is 1. The van der Waals surface area contributed by atoms with Crippen molar-refractivity contribution in [2.24, 2.45) is 10.9 Å². The van der Waals surface area contributed by atoms with Gasteiger partial charge in [0.15, 0.2) is 11.6 Å². The van der Waals surface area contributed by atoms with Crippen LogP contribution in [0.4, 0.5) is 5.82 Å². The fourth-order valence-electron chi connectivity index (χ4n) is 2.89. The first kappa shape index (κ1) is 26.1. The molecule has 0 aliphatic heterocycles. The van der Waals surface area contributed by atoms with Gasteiger partial charge in [-0.25, -0.2) is 9.98 Å². The fourth-order valence-corrected chi connectivity index (χ4v) is 3.69. The van der Waals surface area contributed by atoms with Crippen molar-refractivity contribution in [3.05, 3.63) is 78.9 Å². The summed E-state index contributed by atoms with van der Waals surface area (Å²) in [6.45, 7) is 12.4. The van der Waals surface area contributed by atoms with E-state index >= 15 is 0 Å². The molecule has 174 valence electrons. The molecule has 6 heteroatoms. The number of amidine groups is 1. The van der Waals surface area contributed by atoms with Gasteiger partial charge in [0.2, 0.25) is 0 Å². The minimum Gasteiger partial charge on any atom is -0.453 e. The number of aromatic nitrogens is 2. The van der Waals surface area contributed by atoms with Crippen molar-refractivity contribution in [1.82, 2.24) is 15.3 Å². The zero-order valence-electron chi connectivity index (χ0n) is 20.4. The van der Waals surface area contributed by atoms with Gasteiger partial charge in [-0.15, -0.1) is 0 Å². The zero-order chi connectivity index (χ0) is 24.1. The second-order valence-corrected chi connectivity index (χ2v) is 8.57. The Hall–Kier alpha value is -3.12. The molecule has 0 aliphatic carbocycles. The van der Waals surface area contributed by atoms with Crippen molar-refractivity contribution in [3.63, 3.8) is 0 Å². The van der Waals surface area contributed by atoms with Crippen LogP contribution >= 0.6 is 11.8 Å².